The highest BCUT2D eigenvalue weighted by molar-refractivity contribution is 5.96. The number of nitriles is 1. The molecule has 0 aliphatic carbocycles. The summed E-state index contributed by atoms with van der Waals surface area (Å²) in [4.78, 5) is 23.9. The van der Waals surface area contributed by atoms with Gasteiger partial charge in [-0.25, -0.2) is 4.79 Å². The number of hydrogen-bond donors (Lipinski definition) is 1. The van der Waals surface area contributed by atoms with Gasteiger partial charge in [0.1, 0.15) is 6.04 Å². The standard InChI is InChI=1S/C17H22N2O3/c1-3-4-5-6-7-15(17(21)22-2)19-16(20)14-10-8-13(12-18)9-11-14/h8-11,15H,3-7H2,1-2H3,(H,19,20)/t15-/m0/s1. The van der Waals surface area contributed by atoms with Crippen molar-refractivity contribution < 1.29 is 14.3 Å². The lowest BCUT2D eigenvalue weighted by atomic mass is 10.1. The number of rotatable bonds is 8. The Morgan fingerprint density at radius 2 is 1.91 bits per heavy atom. The fourth-order valence-corrected chi connectivity index (χ4v) is 2.10. The van der Waals surface area contributed by atoms with Crippen LogP contribution >= 0.6 is 0 Å². The number of esters is 1. The number of nitrogens with zero attached hydrogens (tertiary/aromatic N) is 1. The van der Waals surface area contributed by atoms with Crippen LogP contribution in [-0.2, 0) is 9.53 Å². The minimum atomic E-state index is -0.634. The molecule has 0 aromatic heterocycles. The summed E-state index contributed by atoms with van der Waals surface area (Å²) >= 11 is 0. The van der Waals surface area contributed by atoms with Gasteiger partial charge in [0, 0.05) is 5.56 Å². The largest absolute Gasteiger partial charge is 0.467 e. The number of methoxy groups -OCH3 is 1. The number of ether oxygens (including phenoxy) is 1. The van der Waals surface area contributed by atoms with E-state index in [9.17, 15) is 9.59 Å². The first kappa shape index (κ1) is 17.7. The van der Waals surface area contributed by atoms with Crippen molar-refractivity contribution in [2.24, 2.45) is 0 Å². The topological polar surface area (TPSA) is 79.2 Å². The van der Waals surface area contributed by atoms with Crippen LogP contribution < -0.4 is 5.32 Å². The second-order valence-corrected chi connectivity index (χ2v) is 5.09. The molecule has 0 spiro atoms. The predicted octanol–water partition coefficient (Wildman–Crippen LogP) is 2.80. The third kappa shape index (κ3) is 5.57. The Balaban J connectivity index is 2.64. The summed E-state index contributed by atoms with van der Waals surface area (Å²) in [6.07, 6.45) is 4.67. The number of nitrogens with one attached hydrogen (secondary N) is 1. The van der Waals surface area contributed by atoms with Gasteiger partial charge in [0.2, 0.25) is 0 Å². The Morgan fingerprint density at radius 1 is 1.23 bits per heavy atom. The second-order valence-electron chi connectivity index (χ2n) is 5.09. The molecule has 0 fully saturated rings. The van der Waals surface area contributed by atoms with E-state index in [1.807, 2.05) is 6.07 Å². The lowest BCUT2D eigenvalue weighted by molar-refractivity contribution is -0.143. The molecular formula is C17H22N2O3. The van der Waals surface area contributed by atoms with Crippen LogP contribution in [0.5, 0.6) is 0 Å². The Morgan fingerprint density at radius 3 is 2.45 bits per heavy atom. The van der Waals surface area contributed by atoms with Gasteiger partial charge in [-0.15, -0.1) is 0 Å². The molecular weight excluding hydrogens is 280 g/mol. The van der Waals surface area contributed by atoms with Gasteiger partial charge in [-0.1, -0.05) is 32.6 Å². The van der Waals surface area contributed by atoms with Gasteiger partial charge in [0.15, 0.2) is 0 Å². The van der Waals surface area contributed by atoms with Crippen molar-refractivity contribution in [2.75, 3.05) is 7.11 Å². The maximum atomic E-state index is 12.2. The molecule has 0 aliphatic rings. The van der Waals surface area contributed by atoms with Crippen LogP contribution in [0.1, 0.15) is 54.9 Å². The quantitative estimate of drug-likeness (QED) is 0.591. The van der Waals surface area contributed by atoms with Gasteiger partial charge in [-0.2, -0.15) is 5.26 Å². The number of carbonyl (C=O) groups is 2. The molecule has 5 heteroatoms. The summed E-state index contributed by atoms with van der Waals surface area (Å²) in [6, 6.07) is 7.64. The van der Waals surface area contributed by atoms with Gasteiger partial charge in [0.25, 0.3) is 5.91 Å². The number of carbonyl (C=O) groups excluding carboxylic acids is 2. The fourth-order valence-electron chi connectivity index (χ4n) is 2.10. The lowest BCUT2D eigenvalue weighted by Gasteiger charge is -2.16. The molecule has 118 valence electrons. The van der Waals surface area contributed by atoms with Crippen molar-refractivity contribution in [1.82, 2.24) is 5.32 Å². The molecule has 1 atom stereocenters. The van der Waals surface area contributed by atoms with Crippen LogP contribution in [-0.4, -0.2) is 25.0 Å². The molecule has 0 saturated heterocycles. The summed E-state index contributed by atoms with van der Waals surface area (Å²) in [6.45, 7) is 2.12. The first-order valence-corrected chi connectivity index (χ1v) is 7.51. The number of unbranched alkanes of at least 4 members (excludes halogenated alkanes) is 3. The van der Waals surface area contributed by atoms with Gasteiger partial charge in [0.05, 0.1) is 18.7 Å². The van der Waals surface area contributed by atoms with Crippen LogP contribution in [0.25, 0.3) is 0 Å². The van der Waals surface area contributed by atoms with E-state index in [4.69, 9.17) is 10.00 Å². The zero-order valence-corrected chi connectivity index (χ0v) is 13.1. The minimum Gasteiger partial charge on any atom is -0.467 e. The molecule has 0 heterocycles. The lowest BCUT2D eigenvalue weighted by Crippen LogP contribution is -2.41. The van der Waals surface area contributed by atoms with Crippen LogP contribution in [0.4, 0.5) is 0 Å². The zero-order valence-electron chi connectivity index (χ0n) is 13.1. The predicted molar refractivity (Wildman–Crippen MR) is 83.2 cm³/mol. The third-order valence-corrected chi connectivity index (χ3v) is 3.41. The van der Waals surface area contributed by atoms with Crippen molar-refractivity contribution >= 4 is 11.9 Å². The maximum Gasteiger partial charge on any atom is 0.328 e. The number of benzene rings is 1. The van der Waals surface area contributed by atoms with E-state index in [-0.39, 0.29) is 5.91 Å². The van der Waals surface area contributed by atoms with Crippen molar-refractivity contribution in [2.45, 2.75) is 45.1 Å². The maximum absolute atomic E-state index is 12.2. The van der Waals surface area contributed by atoms with Gasteiger partial charge in [-0.3, -0.25) is 4.79 Å². The molecule has 5 nitrogen and oxygen atoms in total. The van der Waals surface area contributed by atoms with Crippen LogP contribution in [0.2, 0.25) is 0 Å². The van der Waals surface area contributed by atoms with Crippen molar-refractivity contribution in [3.8, 4) is 6.07 Å². The third-order valence-electron chi connectivity index (χ3n) is 3.41. The van der Waals surface area contributed by atoms with Crippen LogP contribution in [0.3, 0.4) is 0 Å². The molecule has 1 amide bonds. The smallest absolute Gasteiger partial charge is 0.328 e. The number of hydrogen-bond acceptors (Lipinski definition) is 4. The highest BCUT2D eigenvalue weighted by atomic mass is 16.5. The Labute approximate surface area is 131 Å². The first-order valence-electron chi connectivity index (χ1n) is 7.51. The fraction of sp³-hybridized carbons (Fsp3) is 0.471. The summed E-state index contributed by atoms with van der Waals surface area (Å²) < 4.78 is 4.75. The van der Waals surface area contributed by atoms with Crippen molar-refractivity contribution in [3.05, 3.63) is 35.4 Å². The van der Waals surface area contributed by atoms with E-state index in [0.29, 0.717) is 17.5 Å². The van der Waals surface area contributed by atoms with E-state index in [1.54, 1.807) is 24.3 Å². The van der Waals surface area contributed by atoms with Crippen LogP contribution in [0, 0.1) is 11.3 Å². The van der Waals surface area contributed by atoms with E-state index < -0.39 is 12.0 Å². The average Bonchev–Trinajstić information content (AvgIpc) is 2.56. The molecule has 0 saturated carbocycles. The summed E-state index contributed by atoms with van der Waals surface area (Å²) in [5, 5.41) is 11.4. The Bertz CT molecular complexity index is 532. The molecule has 0 bridgehead atoms. The molecule has 0 unspecified atom stereocenters. The van der Waals surface area contributed by atoms with Gasteiger partial charge in [-0.05, 0) is 30.7 Å². The summed E-state index contributed by atoms with van der Waals surface area (Å²) in [7, 11) is 1.31. The monoisotopic (exact) mass is 302 g/mol. The Kier molecular flexibility index (Phi) is 7.69. The van der Waals surface area contributed by atoms with Gasteiger partial charge >= 0.3 is 5.97 Å². The highest BCUT2D eigenvalue weighted by Gasteiger charge is 2.21. The second kappa shape index (κ2) is 9.56. The zero-order chi connectivity index (χ0) is 16.4. The Hall–Kier alpha value is -2.35. The van der Waals surface area contributed by atoms with Crippen LogP contribution in [0.15, 0.2) is 24.3 Å². The molecule has 1 aromatic carbocycles. The molecule has 1 aromatic rings. The molecule has 0 radical (unpaired) electrons. The molecule has 1 N–H and O–H groups in total. The molecule has 1 rings (SSSR count). The van der Waals surface area contributed by atoms with Crippen molar-refractivity contribution in [3.63, 3.8) is 0 Å². The van der Waals surface area contributed by atoms with Gasteiger partial charge < -0.3 is 10.1 Å². The molecule has 22 heavy (non-hydrogen) atoms. The first-order chi connectivity index (χ1) is 10.6. The average molecular weight is 302 g/mol. The van der Waals surface area contributed by atoms with E-state index in [2.05, 4.69) is 12.2 Å². The molecule has 0 aliphatic heterocycles. The normalized spacial score (nSPS) is 11.3. The van der Waals surface area contributed by atoms with Crippen molar-refractivity contribution in [1.29, 1.82) is 5.26 Å². The SMILES string of the molecule is CCCCCC[C@H](NC(=O)c1ccc(C#N)cc1)C(=O)OC. The number of amides is 1. The van der Waals surface area contributed by atoms with E-state index >= 15 is 0 Å². The highest BCUT2D eigenvalue weighted by Crippen LogP contribution is 2.09. The van der Waals surface area contributed by atoms with E-state index in [0.717, 1.165) is 25.7 Å². The minimum absolute atomic E-state index is 0.338. The summed E-state index contributed by atoms with van der Waals surface area (Å²) in [5.41, 5.74) is 0.905. The van der Waals surface area contributed by atoms with E-state index in [1.165, 1.54) is 7.11 Å². The summed E-state index contributed by atoms with van der Waals surface area (Å²) in [5.74, 6) is -0.770.